The third kappa shape index (κ3) is 1.41. The summed E-state index contributed by atoms with van der Waals surface area (Å²) in [6.45, 7) is 0. The second-order valence-electron chi connectivity index (χ2n) is 1.99. The molecule has 0 aromatic carbocycles. The smallest absolute Gasteiger partial charge is 0.119 e. The summed E-state index contributed by atoms with van der Waals surface area (Å²) in [5, 5.41) is 0. The molecule has 0 spiro atoms. The van der Waals surface area contributed by atoms with E-state index in [-0.39, 0.29) is 0 Å². The minimum absolute atomic E-state index is 0.912. The molecule has 3 heteroatoms. The lowest BCUT2D eigenvalue weighted by Gasteiger charge is -2.00. The van der Waals surface area contributed by atoms with Crippen molar-refractivity contribution in [2.75, 3.05) is 6.26 Å². The predicted molar refractivity (Wildman–Crippen MR) is 48.0 cm³/mol. The monoisotopic (exact) mass is 171 g/mol. The van der Waals surface area contributed by atoms with E-state index in [4.69, 9.17) is 12.2 Å². The first-order valence-electron chi connectivity index (χ1n) is 2.95. The SMILES string of the molecule is CSc1cccn(C)c1=S. The molecule has 0 saturated heterocycles. The molecular weight excluding hydrogens is 162 g/mol. The van der Waals surface area contributed by atoms with Crippen LogP contribution in [0.4, 0.5) is 0 Å². The molecule has 0 saturated carbocycles. The van der Waals surface area contributed by atoms with Gasteiger partial charge in [0, 0.05) is 18.1 Å². The first kappa shape index (κ1) is 7.82. The van der Waals surface area contributed by atoms with Crippen molar-refractivity contribution in [2.45, 2.75) is 4.90 Å². The highest BCUT2D eigenvalue weighted by atomic mass is 32.2. The van der Waals surface area contributed by atoms with Gasteiger partial charge in [0.2, 0.25) is 0 Å². The molecule has 1 nitrogen and oxygen atoms in total. The Labute approximate surface area is 70.1 Å². The lowest BCUT2D eigenvalue weighted by Crippen LogP contribution is -1.90. The molecule has 0 radical (unpaired) electrons. The average molecular weight is 171 g/mol. The molecule has 1 aromatic heterocycles. The normalized spacial score (nSPS) is 9.80. The molecule has 0 unspecified atom stereocenters. The predicted octanol–water partition coefficient (Wildman–Crippen LogP) is 2.48. The van der Waals surface area contributed by atoms with Gasteiger partial charge < -0.3 is 4.57 Å². The third-order valence-corrected chi connectivity index (χ3v) is 2.71. The fraction of sp³-hybridized carbons (Fsp3) is 0.286. The maximum absolute atomic E-state index is 5.13. The fourth-order valence-corrected chi connectivity index (χ4v) is 1.64. The van der Waals surface area contributed by atoms with E-state index in [9.17, 15) is 0 Å². The van der Waals surface area contributed by atoms with Crippen molar-refractivity contribution in [1.82, 2.24) is 4.57 Å². The van der Waals surface area contributed by atoms with Gasteiger partial charge in [-0.25, -0.2) is 0 Å². The Kier molecular flexibility index (Phi) is 2.51. The van der Waals surface area contributed by atoms with E-state index in [0.29, 0.717) is 0 Å². The molecule has 0 aliphatic rings. The Morgan fingerprint density at radius 1 is 1.60 bits per heavy atom. The topological polar surface area (TPSA) is 4.93 Å². The number of aromatic nitrogens is 1. The second kappa shape index (κ2) is 3.21. The quantitative estimate of drug-likeness (QED) is 0.472. The first-order valence-corrected chi connectivity index (χ1v) is 4.58. The van der Waals surface area contributed by atoms with Crippen LogP contribution in [-0.2, 0) is 7.05 Å². The van der Waals surface area contributed by atoms with Crippen LogP contribution in [0, 0.1) is 4.64 Å². The van der Waals surface area contributed by atoms with Gasteiger partial charge in [-0.1, -0.05) is 12.2 Å². The molecule has 1 heterocycles. The molecule has 1 rings (SSSR count). The van der Waals surface area contributed by atoms with Gasteiger partial charge in [-0.15, -0.1) is 11.8 Å². The standard InChI is InChI=1S/C7H9NS2/c1-8-5-3-4-6(10-2)7(8)9/h3-5H,1-2H3. The third-order valence-electron chi connectivity index (χ3n) is 1.31. The fourth-order valence-electron chi connectivity index (χ4n) is 0.728. The molecule has 0 amide bonds. The van der Waals surface area contributed by atoms with Crippen molar-refractivity contribution < 1.29 is 0 Å². The van der Waals surface area contributed by atoms with Crippen LogP contribution in [0.3, 0.4) is 0 Å². The van der Waals surface area contributed by atoms with Crippen molar-refractivity contribution in [3.63, 3.8) is 0 Å². The highest BCUT2D eigenvalue weighted by molar-refractivity contribution is 7.98. The number of pyridine rings is 1. The summed E-state index contributed by atoms with van der Waals surface area (Å²) in [5.41, 5.74) is 0. The van der Waals surface area contributed by atoms with E-state index in [1.807, 2.05) is 36.2 Å². The summed E-state index contributed by atoms with van der Waals surface area (Å²) >= 11 is 6.82. The average Bonchev–Trinajstić information content (AvgIpc) is 1.95. The number of rotatable bonds is 1. The number of hydrogen-bond acceptors (Lipinski definition) is 2. The maximum atomic E-state index is 5.13. The van der Waals surface area contributed by atoms with Crippen molar-refractivity contribution in [3.05, 3.63) is 23.0 Å². The number of thioether (sulfide) groups is 1. The van der Waals surface area contributed by atoms with Gasteiger partial charge >= 0.3 is 0 Å². The Bertz CT molecular complexity index is 277. The summed E-state index contributed by atoms with van der Waals surface area (Å²) < 4.78 is 2.86. The molecule has 0 fully saturated rings. The van der Waals surface area contributed by atoms with Gasteiger partial charge in [-0.05, 0) is 18.4 Å². The van der Waals surface area contributed by atoms with Gasteiger partial charge in [0.15, 0.2) is 0 Å². The zero-order valence-electron chi connectivity index (χ0n) is 6.00. The van der Waals surface area contributed by atoms with E-state index in [2.05, 4.69) is 0 Å². The molecular formula is C7H9NS2. The van der Waals surface area contributed by atoms with Crippen LogP contribution < -0.4 is 0 Å². The largest absolute Gasteiger partial charge is 0.341 e. The van der Waals surface area contributed by atoms with Crippen molar-refractivity contribution in [1.29, 1.82) is 0 Å². The minimum atomic E-state index is 0.912. The summed E-state index contributed by atoms with van der Waals surface area (Å²) in [6, 6.07) is 4.04. The van der Waals surface area contributed by atoms with Crippen LogP contribution in [0.15, 0.2) is 23.2 Å². The second-order valence-corrected chi connectivity index (χ2v) is 3.23. The van der Waals surface area contributed by atoms with Crippen LogP contribution in [0.25, 0.3) is 0 Å². The Hall–Kier alpha value is -0.280. The molecule has 0 bridgehead atoms. The van der Waals surface area contributed by atoms with Crippen LogP contribution in [0.1, 0.15) is 0 Å². The summed E-state index contributed by atoms with van der Waals surface area (Å²) in [4.78, 5) is 1.17. The lowest BCUT2D eigenvalue weighted by molar-refractivity contribution is 0.863. The van der Waals surface area contributed by atoms with Gasteiger partial charge in [0.1, 0.15) is 4.64 Å². The van der Waals surface area contributed by atoms with E-state index < -0.39 is 0 Å². The van der Waals surface area contributed by atoms with Crippen molar-refractivity contribution in [3.8, 4) is 0 Å². The highest BCUT2D eigenvalue weighted by Crippen LogP contribution is 2.14. The van der Waals surface area contributed by atoms with Crippen LogP contribution >= 0.6 is 24.0 Å². The molecule has 1 aromatic rings. The Balaban J connectivity index is 3.28. The Morgan fingerprint density at radius 3 is 2.80 bits per heavy atom. The van der Waals surface area contributed by atoms with Crippen LogP contribution in [0.5, 0.6) is 0 Å². The molecule has 10 heavy (non-hydrogen) atoms. The first-order chi connectivity index (χ1) is 4.75. The van der Waals surface area contributed by atoms with E-state index >= 15 is 0 Å². The zero-order chi connectivity index (χ0) is 7.56. The van der Waals surface area contributed by atoms with E-state index in [1.54, 1.807) is 11.8 Å². The summed E-state index contributed by atoms with van der Waals surface area (Å²) in [5.74, 6) is 0. The number of aryl methyl sites for hydroxylation is 1. The molecule has 0 aliphatic heterocycles. The van der Waals surface area contributed by atoms with Crippen LogP contribution in [0.2, 0.25) is 0 Å². The van der Waals surface area contributed by atoms with E-state index in [0.717, 1.165) is 4.64 Å². The van der Waals surface area contributed by atoms with Crippen LogP contribution in [-0.4, -0.2) is 10.8 Å². The van der Waals surface area contributed by atoms with Gasteiger partial charge in [0.25, 0.3) is 0 Å². The maximum Gasteiger partial charge on any atom is 0.119 e. The summed E-state index contributed by atoms with van der Waals surface area (Å²) in [6.07, 6.45) is 3.99. The zero-order valence-corrected chi connectivity index (χ0v) is 7.63. The summed E-state index contributed by atoms with van der Waals surface area (Å²) in [7, 11) is 1.96. The highest BCUT2D eigenvalue weighted by Gasteiger charge is 1.91. The van der Waals surface area contributed by atoms with Crippen molar-refractivity contribution in [2.24, 2.45) is 7.05 Å². The minimum Gasteiger partial charge on any atom is -0.341 e. The van der Waals surface area contributed by atoms with Crippen molar-refractivity contribution >= 4 is 24.0 Å². The molecule has 0 N–H and O–H groups in total. The van der Waals surface area contributed by atoms with Gasteiger partial charge in [-0.2, -0.15) is 0 Å². The Morgan fingerprint density at radius 2 is 2.30 bits per heavy atom. The van der Waals surface area contributed by atoms with Gasteiger partial charge in [-0.3, -0.25) is 0 Å². The molecule has 54 valence electrons. The number of hydrogen-bond donors (Lipinski definition) is 0. The molecule has 0 atom stereocenters. The lowest BCUT2D eigenvalue weighted by atomic mass is 10.5. The van der Waals surface area contributed by atoms with E-state index in [1.165, 1.54) is 4.90 Å². The number of nitrogens with zero attached hydrogens (tertiary/aromatic N) is 1. The van der Waals surface area contributed by atoms with Gasteiger partial charge in [0.05, 0.1) is 0 Å². The molecule has 0 aliphatic carbocycles.